The minimum Gasteiger partial charge on any atom is -0.379 e. The van der Waals surface area contributed by atoms with Gasteiger partial charge in [-0.3, -0.25) is 9.58 Å². The first-order valence-corrected chi connectivity index (χ1v) is 7.62. The van der Waals surface area contributed by atoms with Crippen LogP contribution in [0.5, 0.6) is 0 Å². The van der Waals surface area contributed by atoms with Crippen LogP contribution < -0.4 is 0 Å². The second kappa shape index (κ2) is 6.13. The summed E-state index contributed by atoms with van der Waals surface area (Å²) < 4.78 is 7.39. The van der Waals surface area contributed by atoms with Crippen molar-refractivity contribution < 1.29 is 4.74 Å². The molecular weight excluding hydrogens is 282 g/mol. The van der Waals surface area contributed by atoms with E-state index in [-0.39, 0.29) is 12.0 Å². The van der Waals surface area contributed by atoms with Crippen LogP contribution in [0.15, 0.2) is 6.20 Å². The van der Waals surface area contributed by atoms with Crippen LogP contribution in [0, 0.1) is 6.92 Å². The molecule has 120 valence electrons. The fourth-order valence-corrected chi connectivity index (χ4v) is 3.00. The zero-order chi connectivity index (χ0) is 15.7. The molecular formula is C14H23N7O. The van der Waals surface area contributed by atoms with Crippen LogP contribution in [-0.4, -0.2) is 61.2 Å². The summed E-state index contributed by atoms with van der Waals surface area (Å²) in [5, 5.41) is 17.2. The van der Waals surface area contributed by atoms with Gasteiger partial charge < -0.3 is 4.74 Å². The fourth-order valence-electron chi connectivity index (χ4n) is 3.00. The topological polar surface area (TPSA) is 73.9 Å². The molecule has 0 unspecified atom stereocenters. The molecule has 0 spiro atoms. The molecule has 3 heterocycles. The van der Waals surface area contributed by atoms with Gasteiger partial charge in [0.05, 0.1) is 29.7 Å². The molecule has 0 N–H and O–H groups in total. The first-order chi connectivity index (χ1) is 10.6. The summed E-state index contributed by atoms with van der Waals surface area (Å²) in [6.07, 6.45) is 2.11. The number of likely N-dealkylation sites (tertiary alicyclic amines) is 1. The number of ether oxygens (including phenoxy) is 1. The summed E-state index contributed by atoms with van der Waals surface area (Å²) >= 11 is 0. The summed E-state index contributed by atoms with van der Waals surface area (Å²) in [4.78, 5) is 4.10. The Morgan fingerprint density at radius 2 is 2.14 bits per heavy atom. The van der Waals surface area contributed by atoms with E-state index in [1.165, 1.54) is 0 Å². The molecule has 1 saturated heterocycles. The van der Waals surface area contributed by atoms with Crippen LogP contribution in [0.3, 0.4) is 0 Å². The van der Waals surface area contributed by atoms with Gasteiger partial charge in [-0.1, -0.05) is 5.21 Å². The van der Waals surface area contributed by atoms with Crippen molar-refractivity contribution in [1.82, 2.24) is 34.9 Å². The monoisotopic (exact) mass is 305 g/mol. The predicted octanol–water partition coefficient (Wildman–Crippen LogP) is 0.349. The Hall–Kier alpha value is -1.80. The van der Waals surface area contributed by atoms with Crippen molar-refractivity contribution >= 4 is 0 Å². The van der Waals surface area contributed by atoms with Gasteiger partial charge in [0.25, 0.3) is 0 Å². The van der Waals surface area contributed by atoms with Gasteiger partial charge in [0, 0.05) is 45.9 Å². The lowest BCUT2D eigenvalue weighted by Gasteiger charge is -2.13. The number of hydrogen-bond donors (Lipinski definition) is 0. The van der Waals surface area contributed by atoms with Crippen molar-refractivity contribution in [3.8, 4) is 0 Å². The van der Waals surface area contributed by atoms with Gasteiger partial charge in [-0.25, -0.2) is 0 Å². The third kappa shape index (κ3) is 2.89. The minimum atomic E-state index is 0.137. The van der Waals surface area contributed by atoms with E-state index in [0.717, 1.165) is 43.3 Å². The molecule has 1 fully saturated rings. The van der Waals surface area contributed by atoms with Crippen LogP contribution in [0.2, 0.25) is 0 Å². The quantitative estimate of drug-likeness (QED) is 0.793. The first-order valence-electron chi connectivity index (χ1n) is 7.62. The Balaban J connectivity index is 1.72. The highest BCUT2D eigenvalue weighted by Crippen LogP contribution is 2.29. The largest absolute Gasteiger partial charge is 0.379 e. The summed E-state index contributed by atoms with van der Waals surface area (Å²) in [7, 11) is 3.65. The number of methoxy groups -OCH3 is 1. The van der Waals surface area contributed by atoms with Crippen molar-refractivity contribution in [3.63, 3.8) is 0 Å². The molecule has 1 aliphatic heterocycles. The highest BCUT2D eigenvalue weighted by atomic mass is 16.5. The van der Waals surface area contributed by atoms with Crippen LogP contribution in [0.4, 0.5) is 0 Å². The Kier molecular flexibility index (Phi) is 4.21. The molecule has 1 aliphatic rings. The van der Waals surface area contributed by atoms with Crippen LogP contribution in [0.1, 0.15) is 29.9 Å². The van der Waals surface area contributed by atoms with Crippen molar-refractivity contribution in [1.29, 1.82) is 0 Å². The molecule has 8 nitrogen and oxygen atoms in total. The molecule has 2 aromatic rings. The Morgan fingerprint density at radius 3 is 2.73 bits per heavy atom. The lowest BCUT2D eigenvalue weighted by Crippen LogP contribution is -2.23. The maximum absolute atomic E-state index is 5.65. The average Bonchev–Trinajstić information content (AvgIpc) is 3.19. The van der Waals surface area contributed by atoms with Crippen molar-refractivity contribution in [2.75, 3.05) is 20.2 Å². The van der Waals surface area contributed by atoms with E-state index in [2.05, 4.69) is 25.4 Å². The number of hydrogen-bond acceptors (Lipinski definition) is 6. The average molecular weight is 305 g/mol. The first kappa shape index (κ1) is 15.1. The molecule has 0 radical (unpaired) electrons. The lowest BCUT2D eigenvalue weighted by atomic mass is 10.0. The summed E-state index contributed by atoms with van der Waals surface area (Å²) in [6.45, 7) is 7.42. The van der Waals surface area contributed by atoms with E-state index in [1.807, 2.05) is 27.1 Å². The van der Waals surface area contributed by atoms with E-state index in [0.29, 0.717) is 0 Å². The minimum absolute atomic E-state index is 0.137. The van der Waals surface area contributed by atoms with Crippen LogP contribution in [-0.2, 0) is 24.9 Å². The molecule has 0 aromatic carbocycles. The van der Waals surface area contributed by atoms with E-state index in [4.69, 9.17) is 4.74 Å². The van der Waals surface area contributed by atoms with Crippen LogP contribution >= 0.6 is 0 Å². The van der Waals surface area contributed by atoms with E-state index < -0.39 is 0 Å². The standard InChI is InChI=1S/C14H23N7O/c1-5-21-16-10(2)12(17-21)8-20-6-11(14(9-20)22-4)13-7-19(3)18-15-13/h7,11,14H,5-6,8-9H2,1-4H3/t11-,14+/m0/s1. The summed E-state index contributed by atoms with van der Waals surface area (Å²) in [5.74, 6) is 0.250. The Labute approximate surface area is 130 Å². The number of nitrogens with zero attached hydrogens (tertiary/aromatic N) is 7. The van der Waals surface area contributed by atoms with Crippen molar-refractivity contribution in [3.05, 3.63) is 23.3 Å². The molecule has 8 heteroatoms. The highest BCUT2D eigenvalue weighted by molar-refractivity contribution is 5.12. The number of aryl methyl sites for hydroxylation is 3. The molecule has 0 bridgehead atoms. The summed E-state index contributed by atoms with van der Waals surface area (Å²) in [6, 6.07) is 0. The van der Waals surface area contributed by atoms with Gasteiger partial charge in [0.2, 0.25) is 0 Å². The van der Waals surface area contributed by atoms with Gasteiger partial charge in [-0.05, 0) is 13.8 Å². The molecule has 2 aromatic heterocycles. The van der Waals surface area contributed by atoms with Gasteiger partial charge >= 0.3 is 0 Å². The van der Waals surface area contributed by atoms with E-state index in [9.17, 15) is 0 Å². The second-order valence-electron chi connectivity index (χ2n) is 5.81. The molecule has 3 rings (SSSR count). The predicted molar refractivity (Wildman–Crippen MR) is 80.3 cm³/mol. The van der Waals surface area contributed by atoms with Crippen molar-refractivity contribution in [2.45, 2.75) is 39.0 Å². The Morgan fingerprint density at radius 1 is 1.32 bits per heavy atom. The molecule has 0 saturated carbocycles. The highest BCUT2D eigenvalue weighted by Gasteiger charge is 2.36. The molecule has 0 amide bonds. The normalized spacial score (nSPS) is 22.5. The van der Waals surface area contributed by atoms with Gasteiger partial charge in [0.1, 0.15) is 0 Å². The number of rotatable bonds is 5. The lowest BCUT2D eigenvalue weighted by molar-refractivity contribution is 0.0956. The zero-order valence-corrected chi connectivity index (χ0v) is 13.6. The van der Waals surface area contributed by atoms with Crippen molar-refractivity contribution in [2.24, 2.45) is 7.05 Å². The maximum Gasteiger partial charge on any atom is 0.0996 e. The molecule has 22 heavy (non-hydrogen) atoms. The smallest absolute Gasteiger partial charge is 0.0996 e. The van der Waals surface area contributed by atoms with Crippen LogP contribution in [0.25, 0.3) is 0 Å². The van der Waals surface area contributed by atoms with E-state index in [1.54, 1.807) is 16.6 Å². The maximum atomic E-state index is 5.65. The molecule has 2 atom stereocenters. The third-order valence-electron chi connectivity index (χ3n) is 4.22. The van der Waals surface area contributed by atoms with E-state index >= 15 is 0 Å². The Bertz CT molecular complexity index is 635. The van der Waals surface area contributed by atoms with Gasteiger partial charge in [0.15, 0.2) is 0 Å². The second-order valence-corrected chi connectivity index (χ2v) is 5.81. The van der Waals surface area contributed by atoms with Gasteiger partial charge in [-0.15, -0.1) is 5.10 Å². The summed E-state index contributed by atoms with van der Waals surface area (Å²) in [5.41, 5.74) is 3.03. The zero-order valence-electron chi connectivity index (χ0n) is 13.6. The third-order valence-corrected chi connectivity index (χ3v) is 4.22. The fraction of sp³-hybridized carbons (Fsp3) is 0.714. The molecule has 0 aliphatic carbocycles. The SMILES string of the molecule is CCn1nc(C)c(CN2C[C@@H](OC)[C@H](c3cn(C)nn3)C2)n1. The number of aromatic nitrogens is 6. The van der Waals surface area contributed by atoms with Gasteiger partial charge in [-0.2, -0.15) is 15.0 Å².